The van der Waals surface area contributed by atoms with Crippen LogP contribution in [0, 0.1) is 0 Å². The molecule has 0 saturated heterocycles. The first kappa shape index (κ1) is 11.3. The highest BCUT2D eigenvalue weighted by molar-refractivity contribution is 5.64. The normalized spacial score (nSPS) is 18.7. The van der Waals surface area contributed by atoms with Crippen LogP contribution in [0.25, 0.3) is 0 Å². The van der Waals surface area contributed by atoms with Crippen LogP contribution < -0.4 is 15.0 Å². The second-order valence-electron chi connectivity index (χ2n) is 4.36. The molecule has 0 aliphatic carbocycles. The topological polar surface area (TPSA) is 24.5 Å². The summed E-state index contributed by atoms with van der Waals surface area (Å²) in [6, 6.07) is 6.30. The van der Waals surface area contributed by atoms with E-state index in [0.29, 0.717) is 5.92 Å². The SMILES string of the molecule is CNCCC1CN(C)c2cccc(OC)c21. The van der Waals surface area contributed by atoms with E-state index < -0.39 is 0 Å². The van der Waals surface area contributed by atoms with E-state index in [4.69, 9.17) is 4.74 Å². The van der Waals surface area contributed by atoms with Gasteiger partial charge in [-0.2, -0.15) is 0 Å². The minimum Gasteiger partial charge on any atom is -0.496 e. The number of likely N-dealkylation sites (N-methyl/N-ethyl adjacent to an activating group) is 1. The molecule has 2 rings (SSSR count). The van der Waals surface area contributed by atoms with Gasteiger partial charge in [0.2, 0.25) is 0 Å². The summed E-state index contributed by atoms with van der Waals surface area (Å²) in [7, 11) is 5.91. The molecule has 88 valence electrons. The van der Waals surface area contributed by atoms with Crippen molar-refractivity contribution in [2.24, 2.45) is 0 Å². The Kier molecular flexibility index (Phi) is 3.34. The zero-order valence-electron chi connectivity index (χ0n) is 10.3. The van der Waals surface area contributed by atoms with Crippen molar-refractivity contribution < 1.29 is 4.74 Å². The van der Waals surface area contributed by atoms with Crippen molar-refractivity contribution in [3.63, 3.8) is 0 Å². The van der Waals surface area contributed by atoms with Crippen molar-refractivity contribution in [1.29, 1.82) is 0 Å². The number of fused-ring (bicyclic) bond motifs is 1. The van der Waals surface area contributed by atoms with Crippen molar-refractivity contribution >= 4 is 5.69 Å². The van der Waals surface area contributed by atoms with Gasteiger partial charge in [0.05, 0.1) is 7.11 Å². The molecular weight excluding hydrogens is 200 g/mol. The largest absolute Gasteiger partial charge is 0.496 e. The number of benzene rings is 1. The molecule has 3 heteroatoms. The Morgan fingerprint density at radius 1 is 1.50 bits per heavy atom. The summed E-state index contributed by atoms with van der Waals surface area (Å²) in [6.07, 6.45) is 1.16. The second-order valence-corrected chi connectivity index (χ2v) is 4.36. The maximum atomic E-state index is 5.47. The molecule has 1 aliphatic rings. The molecule has 1 N–H and O–H groups in total. The van der Waals surface area contributed by atoms with Gasteiger partial charge in [-0.15, -0.1) is 0 Å². The maximum Gasteiger partial charge on any atom is 0.124 e. The van der Waals surface area contributed by atoms with E-state index in [0.717, 1.165) is 25.3 Å². The van der Waals surface area contributed by atoms with Gasteiger partial charge in [-0.3, -0.25) is 0 Å². The number of ether oxygens (including phenoxy) is 1. The minimum absolute atomic E-state index is 0.587. The van der Waals surface area contributed by atoms with Crippen LogP contribution in [0.5, 0.6) is 5.75 Å². The van der Waals surface area contributed by atoms with E-state index in [1.54, 1.807) is 7.11 Å². The van der Waals surface area contributed by atoms with Crippen molar-refractivity contribution in [3.05, 3.63) is 23.8 Å². The first-order chi connectivity index (χ1) is 7.77. The van der Waals surface area contributed by atoms with Crippen molar-refractivity contribution in [1.82, 2.24) is 5.32 Å². The van der Waals surface area contributed by atoms with Gasteiger partial charge in [-0.05, 0) is 32.1 Å². The molecule has 0 fully saturated rings. The molecule has 1 aromatic carbocycles. The van der Waals surface area contributed by atoms with Crippen LogP contribution in [-0.2, 0) is 0 Å². The smallest absolute Gasteiger partial charge is 0.124 e. The number of anilines is 1. The van der Waals surface area contributed by atoms with Crippen molar-refractivity contribution in [2.45, 2.75) is 12.3 Å². The number of nitrogens with one attached hydrogen (secondary N) is 1. The van der Waals surface area contributed by atoms with Crippen LogP contribution in [0.2, 0.25) is 0 Å². The summed E-state index contributed by atoms with van der Waals surface area (Å²) in [5.74, 6) is 1.62. The van der Waals surface area contributed by atoms with E-state index in [9.17, 15) is 0 Å². The van der Waals surface area contributed by atoms with Crippen molar-refractivity contribution in [2.75, 3.05) is 39.2 Å². The Morgan fingerprint density at radius 2 is 2.31 bits per heavy atom. The van der Waals surface area contributed by atoms with Gasteiger partial charge in [-0.1, -0.05) is 6.07 Å². The van der Waals surface area contributed by atoms with Gasteiger partial charge in [-0.25, -0.2) is 0 Å². The molecule has 0 amide bonds. The predicted octanol–water partition coefficient (Wildman–Crippen LogP) is 1.84. The van der Waals surface area contributed by atoms with Gasteiger partial charge in [0.15, 0.2) is 0 Å². The lowest BCUT2D eigenvalue weighted by atomic mass is 9.97. The molecule has 0 spiro atoms. The van der Waals surface area contributed by atoms with E-state index in [1.165, 1.54) is 11.3 Å². The first-order valence-electron chi connectivity index (χ1n) is 5.80. The third-order valence-corrected chi connectivity index (χ3v) is 3.32. The molecule has 16 heavy (non-hydrogen) atoms. The lowest BCUT2D eigenvalue weighted by molar-refractivity contribution is 0.406. The lowest BCUT2D eigenvalue weighted by Crippen LogP contribution is -2.18. The van der Waals surface area contributed by atoms with Crippen molar-refractivity contribution in [3.8, 4) is 5.75 Å². The third kappa shape index (κ3) is 1.87. The predicted molar refractivity (Wildman–Crippen MR) is 67.5 cm³/mol. The van der Waals surface area contributed by atoms with E-state index in [2.05, 4.69) is 35.5 Å². The highest BCUT2D eigenvalue weighted by Crippen LogP contribution is 2.42. The number of methoxy groups -OCH3 is 1. The standard InChI is InChI=1S/C13H20N2O/c1-14-8-7-10-9-15(2)11-5-4-6-12(16-3)13(10)11/h4-6,10,14H,7-9H2,1-3H3. The lowest BCUT2D eigenvalue weighted by Gasteiger charge is -2.13. The zero-order chi connectivity index (χ0) is 11.5. The average molecular weight is 220 g/mol. The number of nitrogens with zero attached hydrogens (tertiary/aromatic N) is 1. The highest BCUT2D eigenvalue weighted by Gasteiger charge is 2.28. The molecule has 1 aliphatic heterocycles. The van der Waals surface area contributed by atoms with Crippen LogP contribution in [0.1, 0.15) is 17.9 Å². The Morgan fingerprint density at radius 3 is 3.00 bits per heavy atom. The molecule has 0 radical (unpaired) electrons. The Balaban J connectivity index is 2.30. The van der Waals surface area contributed by atoms with Gasteiger partial charge in [0.1, 0.15) is 5.75 Å². The molecule has 0 saturated carbocycles. The summed E-state index contributed by atoms with van der Waals surface area (Å²) >= 11 is 0. The summed E-state index contributed by atoms with van der Waals surface area (Å²) in [4.78, 5) is 2.32. The first-order valence-corrected chi connectivity index (χ1v) is 5.80. The average Bonchev–Trinajstić information content (AvgIpc) is 2.64. The zero-order valence-corrected chi connectivity index (χ0v) is 10.3. The fraction of sp³-hybridized carbons (Fsp3) is 0.538. The Labute approximate surface area is 97.4 Å². The third-order valence-electron chi connectivity index (χ3n) is 3.32. The van der Waals surface area contributed by atoms with Crippen LogP contribution in [0.4, 0.5) is 5.69 Å². The molecule has 1 heterocycles. The number of rotatable bonds is 4. The van der Waals surface area contributed by atoms with Gasteiger partial charge < -0.3 is 15.0 Å². The molecule has 0 bridgehead atoms. The fourth-order valence-corrected chi connectivity index (χ4v) is 2.53. The fourth-order valence-electron chi connectivity index (χ4n) is 2.53. The summed E-state index contributed by atoms with van der Waals surface area (Å²) < 4.78 is 5.47. The van der Waals surface area contributed by atoms with Gasteiger partial charge >= 0.3 is 0 Å². The van der Waals surface area contributed by atoms with Crippen LogP contribution in [-0.4, -0.2) is 34.3 Å². The molecular formula is C13H20N2O. The minimum atomic E-state index is 0.587. The monoisotopic (exact) mass is 220 g/mol. The highest BCUT2D eigenvalue weighted by atomic mass is 16.5. The molecule has 1 aromatic rings. The quantitative estimate of drug-likeness (QED) is 0.838. The van der Waals surface area contributed by atoms with Crippen LogP contribution in [0.3, 0.4) is 0 Å². The summed E-state index contributed by atoms with van der Waals surface area (Å²) in [5.41, 5.74) is 2.70. The van der Waals surface area contributed by atoms with Gasteiger partial charge in [0, 0.05) is 30.8 Å². The second kappa shape index (κ2) is 4.74. The van der Waals surface area contributed by atoms with Gasteiger partial charge in [0.25, 0.3) is 0 Å². The van der Waals surface area contributed by atoms with E-state index >= 15 is 0 Å². The number of hydrogen-bond donors (Lipinski definition) is 1. The molecule has 0 aromatic heterocycles. The molecule has 1 atom stereocenters. The summed E-state index contributed by atoms with van der Waals surface area (Å²) in [5, 5.41) is 3.22. The Hall–Kier alpha value is -1.22. The number of hydrogen-bond acceptors (Lipinski definition) is 3. The summed E-state index contributed by atoms with van der Waals surface area (Å²) in [6.45, 7) is 2.15. The van der Waals surface area contributed by atoms with E-state index in [-0.39, 0.29) is 0 Å². The maximum absolute atomic E-state index is 5.47. The van der Waals surface area contributed by atoms with Crippen LogP contribution >= 0.6 is 0 Å². The van der Waals surface area contributed by atoms with Crippen LogP contribution in [0.15, 0.2) is 18.2 Å². The molecule has 1 unspecified atom stereocenters. The molecule has 3 nitrogen and oxygen atoms in total. The Bertz CT molecular complexity index is 365. The van der Waals surface area contributed by atoms with E-state index in [1.807, 2.05) is 7.05 Å².